The number of aliphatic carboxylic acids is 1. The topological polar surface area (TPSA) is 66.7 Å². The normalized spacial score (nSPS) is 19.7. The fraction of sp³-hybridized carbons (Fsp3) is 0.800. The van der Waals surface area contributed by atoms with Crippen LogP contribution in [0.3, 0.4) is 0 Å². The second kappa shape index (κ2) is 5.55. The van der Waals surface area contributed by atoms with Crippen molar-refractivity contribution in [3.05, 3.63) is 0 Å². The van der Waals surface area contributed by atoms with Gasteiger partial charge in [0.1, 0.15) is 0 Å². The molecule has 78 valence electrons. The largest absolute Gasteiger partial charge is 0.480 e. The van der Waals surface area contributed by atoms with E-state index in [0.29, 0.717) is 12.3 Å². The summed E-state index contributed by atoms with van der Waals surface area (Å²) in [6.45, 7) is 0. The molecule has 0 spiro atoms. The summed E-state index contributed by atoms with van der Waals surface area (Å²) in [7, 11) is 0. The van der Waals surface area contributed by atoms with E-state index in [-0.39, 0.29) is 0 Å². The minimum absolute atomic E-state index is 0.418. The average Bonchev–Trinajstić information content (AvgIpc) is 2.18. The first kappa shape index (κ1) is 10.9. The molecule has 1 rings (SSSR count). The monoisotopic (exact) mass is 197 g/mol. The fourth-order valence-corrected chi connectivity index (χ4v) is 2.01. The lowest BCUT2D eigenvalue weighted by atomic mass is 9.85. The second-order valence-electron chi connectivity index (χ2n) is 3.81. The molecular formula is C10H15NO3. The summed E-state index contributed by atoms with van der Waals surface area (Å²) in [6, 6.07) is -0.879. The Balaban J connectivity index is 2.45. The van der Waals surface area contributed by atoms with Crippen molar-refractivity contribution in [2.24, 2.45) is 10.9 Å². The van der Waals surface area contributed by atoms with Crippen molar-refractivity contribution in [1.82, 2.24) is 0 Å². The van der Waals surface area contributed by atoms with Crippen LogP contribution < -0.4 is 0 Å². The third kappa shape index (κ3) is 3.30. The zero-order valence-corrected chi connectivity index (χ0v) is 8.11. The van der Waals surface area contributed by atoms with Gasteiger partial charge in [-0.1, -0.05) is 32.1 Å². The molecule has 4 nitrogen and oxygen atoms in total. The molecule has 1 fully saturated rings. The average molecular weight is 197 g/mol. The van der Waals surface area contributed by atoms with Gasteiger partial charge in [-0.05, 0) is 12.3 Å². The Labute approximate surface area is 83.0 Å². The molecule has 14 heavy (non-hydrogen) atoms. The van der Waals surface area contributed by atoms with Gasteiger partial charge in [0.2, 0.25) is 6.08 Å². The van der Waals surface area contributed by atoms with Crippen LogP contribution in [0.25, 0.3) is 0 Å². The SMILES string of the molecule is O=C=N[C@@H](CC1CCCCC1)C(=O)O. The van der Waals surface area contributed by atoms with E-state index in [1.165, 1.54) is 25.3 Å². The molecule has 1 atom stereocenters. The van der Waals surface area contributed by atoms with Crippen LogP contribution in [0, 0.1) is 5.92 Å². The quantitative estimate of drug-likeness (QED) is 0.551. The molecule has 0 amide bonds. The van der Waals surface area contributed by atoms with Crippen molar-refractivity contribution in [3.63, 3.8) is 0 Å². The number of isocyanates is 1. The predicted molar refractivity (Wildman–Crippen MR) is 50.7 cm³/mol. The number of nitrogens with zero attached hydrogens (tertiary/aromatic N) is 1. The van der Waals surface area contributed by atoms with Gasteiger partial charge in [0.25, 0.3) is 0 Å². The Morgan fingerprint density at radius 2 is 2.07 bits per heavy atom. The second-order valence-corrected chi connectivity index (χ2v) is 3.81. The van der Waals surface area contributed by atoms with E-state index in [0.717, 1.165) is 12.8 Å². The number of carboxylic acids is 1. The highest BCUT2D eigenvalue weighted by molar-refractivity contribution is 5.74. The van der Waals surface area contributed by atoms with E-state index in [1.807, 2.05) is 0 Å². The Hall–Kier alpha value is -1.15. The van der Waals surface area contributed by atoms with Crippen LogP contribution in [0.5, 0.6) is 0 Å². The molecule has 0 unspecified atom stereocenters. The molecule has 0 bridgehead atoms. The van der Waals surface area contributed by atoms with Crippen molar-refractivity contribution in [1.29, 1.82) is 0 Å². The van der Waals surface area contributed by atoms with Gasteiger partial charge in [-0.15, -0.1) is 0 Å². The zero-order valence-electron chi connectivity index (χ0n) is 8.11. The molecule has 1 aliphatic rings. The van der Waals surface area contributed by atoms with Crippen molar-refractivity contribution >= 4 is 12.0 Å². The summed E-state index contributed by atoms with van der Waals surface area (Å²) < 4.78 is 0. The molecule has 4 heteroatoms. The van der Waals surface area contributed by atoms with Gasteiger partial charge in [-0.25, -0.2) is 9.59 Å². The summed E-state index contributed by atoms with van der Waals surface area (Å²) in [5, 5.41) is 8.76. The third-order valence-corrected chi connectivity index (χ3v) is 2.77. The van der Waals surface area contributed by atoms with Gasteiger partial charge in [0, 0.05) is 0 Å². The maximum absolute atomic E-state index is 10.7. The van der Waals surface area contributed by atoms with Crippen LogP contribution in [-0.2, 0) is 9.59 Å². The van der Waals surface area contributed by atoms with Crippen LogP contribution in [0.2, 0.25) is 0 Å². The summed E-state index contributed by atoms with van der Waals surface area (Å²) in [5.41, 5.74) is 0. The van der Waals surface area contributed by atoms with Gasteiger partial charge in [0.15, 0.2) is 6.04 Å². The smallest absolute Gasteiger partial charge is 0.329 e. The van der Waals surface area contributed by atoms with E-state index in [1.54, 1.807) is 0 Å². The zero-order chi connectivity index (χ0) is 10.4. The van der Waals surface area contributed by atoms with Crippen molar-refractivity contribution in [2.45, 2.75) is 44.6 Å². The van der Waals surface area contributed by atoms with E-state index in [9.17, 15) is 9.59 Å². The lowest BCUT2D eigenvalue weighted by Crippen LogP contribution is -2.22. The summed E-state index contributed by atoms with van der Waals surface area (Å²) in [5.74, 6) is -0.596. The molecule has 0 radical (unpaired) electrons. The molecule has 0 heterocycles. The van der Waals surface area contributed by atoms with E-state index in [4.69, 9.17) is 5.11 Å². The number of carbonyl (C=O) groups excluding carboxylic acids is 1. The molecule has 0 saturated heterocycles. The van der Waals surface area contributed by atoms with Crippen LogP contribution >= 0.6 is 0 Å². The standard InChI is InChI=1S/C10H15NO3/c12-7-11-9(10(13)14)6-8-4-2-1-3-5-8/h8-9H,1-6H2,(H,13,14)/t9-/m0/s1. The number of hydrogen-bond acceptors (Lipinski definition) is 3. The van der Waals surface area contributed by atoms with Crippen molar-refractivity contribution in [2.75, 3.05) is 0 Å². The molecule has 1 saturated carbocycles. The lowest BCUT2D eigenvalue weighted by molar-refractivity contribution is -0.138. The molecule has 1 aliphatic carbocycles. The molecule has 0 aromatic carbocycles. The Kier molecular flexibility index (Phi) is 4.33. The number of rotatable bonds is 4. The van der Waals surface area contributed by atoms with Crippen LogP contribution in [0.4, 0.5) is 0 Å². The molecule has 0 aliphatic heterocycles. The minimum atomic E-state index is -1.01. The Bertz CT molecular complexity index is 238. The summed E-state index contributed by atoms with van der Waals surface area (Å²) in [6.07, 6.45) is 7.54. The van der Waals surface area contributed by atoms with Gasteiger partial charge in [-0.3, -0.25) is 0 Å². The Morgan fingerprint density at radius 3 is 2.57 bits per heavy atom. The van der Waals surface area contributed by atoms with E-state index < -0.39 is 12.0 Å². The van der Waals surface area contributed by atoms with Gasteiger partial charge < -0.3 is 5.11 Å². The summed E-state index contributed by atoms with van der Waals surface area (Å²) in [4.78, 5) is 24.0. The van der Waals surface area contributed by atoms with E-state index >= 15 is 0 Å². The van der Waals surface area contributed by atoms with Crippen LogP contribution in [0.1, 0.15) is 38.5 Å². The highest BCUT2D eigenvalue weighted by atomic mass is 16.4. The number of hydrogen-bond donors (Lipinski definition) is 1. The van der Waals surface area contributed by atoms with Gasteiger partial charge in [-0.2, -0.15) is 4.99 Å². The highest BCUT2D eigenvalue weighted by Gasteiger charge is 2.23. The maximum Gasteiger partial charge on any atom is 0.329 e. The van der Waals surface area contributed by atoms with E-state index in [2.05, 4.69) is 4.99 Å². The Morgan fingerprint density at radius 1 is 1.43 bits per heavy atom. The molecule has 0 aromatic heterocycles. The van der Waals surface area contributed by atoms with Crippen molar-refractivity contribution in [3.8, 4) is 0 Å². The van der Waals surface area contributed by atoms with Crippen LogP contribution in [0.15, 0.2) is 4.99 Å². The third-order valence-electron chi connectivity index (χ3n) is 2.77. The predicted octanol–water partition coefficient (Wildman–Crippen LogP) is 1.75. The highest BCUT2D eigenvalue weighted by Crippen LogP contribution is 2.27. The number of carboxylic acid groups (broad SMARTS) is 1. The first-order valence-corrected chi connectivity index (χ1v) is 5.04. The fourth-order valence-electron chi connectivity index (χ4n) is 2.01. The minimum Gasteiger partial charge on any atom is -0.480 e. The van der Waals surface area contributed by atoms with Gasteiger partial charge >= 0.3 is 5.97 Å². The summed E-state index contributed by atoms with van der Waals surface area (Å²) >= 11 is 0. The first-order valence-electron chi connectivity index (χ1n) is 5.04. The molecule has 0 aromatic rings. The van der Waals surface area contributed by atoms with Crippen LogP contribution in [-0.4, -0.2) is 23.2 Å². The number of carbonyl (C=O) groups is 1. The molecule has 1 N–H and O–H groups in total. The maximum atomic E-state index is 10.7. The lowest BCUT2D eigenvalue weighted by Gasteiger charge is -2.22. The first-order chi connectivity index (χ1) is 6.74. The molecular weight excluding hydrogens is 182 g/mol. The van der Waals surface area contributed by atoms with Gasteiger partial charge in [0.05, 0.1) is 0 Å². The number of aliphatic imine (C=N–C) groups is 1. The van der Waals surface area contributed by atoms with Crippen molar-refractivity contribution < 1.29 is 14.7 Å².